The number of aromatic nitrogens is 3. The van der Waals surface area contributed by atoms with E-state index in [9.17, 15) is 0 Å². The van der Waals surface area contributed by atoms with E-state index in [0.29, 0.717) is 4.83 Å². The maximum Gasteiger partial charge on any atom is 0.318 e. The lowest BCUT2D eigenvalue weighted by atomic mass is 10.8. The third-order valence-electron chi connectivity index (χ3n) is 1.19. The molecule has 0 spiro atoms. The molecular weight excluding hydrogens is 168 g/mol. The molecule has 0 aliphatic carbocycles. The van der Waals surface area contributed by atoms with Crippen LogP contribution in [0.5, 0.6) is 11.2 Å². The van der Waals surface area contributed by atoms with E-state index in [4.69, 9.17) is 15.9 Å². The summed E-state index contributed by atoms with van der Waals surface area (Å²) in [6.45, 7) is 0. The van der Waals surface area contributed by atoms with Crippen LogP contribution in [0.4, 0.5) is 5.82 Å². The van der Waals surface area contributed by atoms with Crippen LogP contribution in [0, 0.1) is 0 Å². The van der Waals surface area contributed by atoms with Gasteiger partial charge in [-0.2, -0.15) is 9.50 Å². The van der Waals surface area contributed by atoms with Gasteiger partial charge >= 0.3 is 6.01 Å². The highest BCUT2D eigenvalue weighted by molar-refractivity contribution is 7.19. The number of hydrogen-bond donors (Lipinski definition) is 3. The summed E-state index contributed by atoms with van der Waals surface area (Å²) in [5, 5.41) is 21.3. The molecule has 0 bridgehead atoms. The molecule has 2 heterocycles. The lowest BCUT2D eigenvalue weighted by Crippen LogP contribution is -1.81. The Labute approximate surface area is 64.5 Å². The molecule has 0 saturated carbocycles. The van der Waals surface area contributed by atoms with Gasteiger partial charge in [0, 0.05) is 0 Å². The Balaban J connectivity index is 2.92. The number of hydrogen-bond acceptors (Lipinski definition) is 6. The fourth-order valence-corrected chi connectivity index (χ4v) is 1.43. The Morgan fingerprint density at radius 2 is 2.18 bits per heavy atom. The molecular formula is C4H4N4O2S. The maximum absolute atomic E-state index is 9.01. The lowest BCUT2D eigenvalue weighted by Gasteiger charge is -1.79. The molecule has 0 amide bonds. The maximum atomic E-state index is 9.01. The number of aromatic hydroxyl groups is 2. The van der Waals surface area contributed by atoms with Crippen LogP contribution < -0.4 is 5.73 Å². The van der Waals surface area contributed by atoms with Crippen molar-refractivity contribution < 1.29 is 10.2 Å². The minimum Gasteiger partial charge on any atom is -0.485 e. The summed E-state index contributed by atoms with van der Waals surface area (Å²) in [7, 11) is 0. The molecule has 58 valence electrons. The topological polar surface area (TPSA) is 96.7 Å². The Morgan fingerprint density at radius 1 is 1.45 bits per heavy atom. The van der Waals surface area contributed by atoms with Crippen LogP contribution in [-0.4, -0.2) is 24.8 Å². The van der Waals surface area contributed by atoms with E-state index >= 15 is 0 Å². The van der Waals surface area contributed by atoms with Crippen LogP contribution in [0.1, 0.15) is 0 Å². The van der Waals surface area contributed by atoms with E-state index in [1.54, 1.807) is 0 Å². The van der Waals surface area contributed by atoms with Crippen molar-refractivity contribution >= 4 is 22.0 Å². The minimum absolute atomic E-state index is 0.149. The first-order valence-electron chi connectivity index (χ1n) is 2.71. The second-order valence-electron chi connectivity index (χ2n) is 1.90. The van der Waals surface area contributed by atoms with Crippen molar-refractivity contribution in [2.45, 2.75) is 0 Å². The lowest BCUT2D eigenvalue weighted by molar-refractivity contribution is 0.408. The van der Waals surface area contributed by atoms with Gasteiger partial charge in [-0.05, 0) is 0 Å². The normalized spacial score (nSPS) is 10.9. The van der Waals surface area contributed by atoms with Gasteiger partial charge in [-0.3, -0.25) is 0 Å². The van der Waals surface area contributed by atoms with Crippen LogP contribution in [-0.2, 0) is 0 Å². The van der Waals surface area contributed by atoms with E-state index in [2.05, 4.69) is 10.1 Å². The number of nitrogens with two attached hydrogens (primary N) is 1. The molecule has 7 heteroatoms. The fraction of sp³-hybridized carbons (Fsp3) is 0. The van der Waals surface area contributed by atoms with Crippen LogP contribution in [0.2, 0.25) is 0 Å². The fourth-order valence-electron chi connectivity index (χ4n) is 0.780. The van der Waals surface area contributed by atoms with Crippen LogP contribution >= 0.6 is 11.3 Å². The number of nitrogens with zero attached hydrogens (tertiary/aromatic N) is 3. The highest BCUT2D eigenvalue weighted by atomic mass is 32.1. The van der Waals surface area contributed by atoms with Crippen molar-refractivity contribution in [2.24, 2.45) is 0 Å². The zero-order chi connectivity index (χ0) is 8.01. The van der Waals surface area contributed by atoms with Gasteiger partial charge in [-0.25, -0.2) is 0 Å². The zero-order valence-corrected chi connectivity index (χ0v) is 6.04. The van der Waals surface area contributed by atoms with Gasteiger partial charge in [-0.1, -0.05) is 11.3 Å². The average Bonchev–Trinajstić information content (AvgIpc) is 2.38. The predicted octanol–water partition coefficient (Wildman–Crippen LogP) is -0.216. The smallest absolute Gasteiger partial charge is 0.318 e. The summed E-state index contributed by atoms with van der Waals surface area (Å²) in [6.07, 6.45) is 0. The van der Waals surface area contributed by atoms with Crippen molar-refractivity contribution in [1.29, 1.82) is 0 Å². The van der Waals surface area contributed by atoms with E-state index in [1.807, 2.05) is 0 Å². The van der Waals surface area contributed by atoms with Crippen molar-refractivity contribution in [3.05, 3.63) is 0 Å². The van der Waals surface area contributed by atoms with Crippen molar-refractivity contribution in [1.82, 2.24) is 14.6 Å². The van der Waals surface area contributed by atoms with Gasteiger partial charge in [0.25, 0.3) is 5.19 Å². The average molecular weight is 172 g/mol. The third kappa shape index (κ3) is 0.709. The van der Waals surface area contributed by atoms with Crippen LogP contribution in [0.3, 0.4) is 0 Å². The van der Waals surface area contributed by atoms with Crippen LogP contribution in [0.15, 0.2) is 0 Å². The molecule has 2 aromatic rings. The molecule has 0 aliphatic heterocycles. The summed E-state index contributed by atoms with van der Waals surface area (Å²) in [5.74, 6) is 0.167. The molecule has 2 aromatic heterocycles. The summed E-state index contributed by atoms with van der Waals surface area (Å²) >= 11 is 0.959. The van der Waals surface area contributed by atoms with Gasteiger partial charge in [0.05, 0.1) is 0 Å². The number of anilines is 1. The number of imidazole rings is 1. The third-order valence-corrected chi connectivity index (χ3v) is 2.03. The van der Waals surface area contributed by atoms with Gasteiger partial charge in [0.2, 0.25) is 0 Å². The summed E-state index contributed by atoms with van der Waals surface area (Å²) < 4.78 is 1.08. The SMILES string of the molecule is Nc1nc(O)n2nc(O)sc12. The first-order valence-corrected chi connectivity index (χ1v) is 3.53. The molecule has 0 saturated heterocycles. The molecule has 2 rings (SSSR count). The Hall–Kier alpha value is -1.50. The molecule has 6 nitrogen and oxygen atoms in total. The highest BCUT2D eigenvalue weighted by Crippen LogP contribution is 2.28. The quantitative estimate of drug-likeness (QED) is 0.510. The van der Waals surface area contributed by atoms with Gasteiger partial charge < -0.3 is 15.9 Å². The van der Waals surface area contributed by atoms with Crippen molar-refractivity contribution in [3.63, 3.8) is 0 Å². The standard InChI is InChI=1S/C4H4N4O2S/c5-1-2-8(3(9)6-1)7-4(10)11-2/h5H2,(H,6,9)(H,7,10). The van der Waals surface area contributed by atoms with Gasteiger partial charge in [-0.15, -0.1) is 5.10 Å². The number of fused-ring (bicyclic) bond motifs is 1. The number of rotatable bonds is 0. The highest BCUT2D eigenvalue weighted by Gasteiger charge is 2.12. The first kappa shape index (κ1) is 6.23. The molecule has 0 radical (unpaired) electrons. The molecule has 0 atom stereocenters. The summed E-state index contributed by atoms with van der Waals surface area (Å²) in [5.41, 5.74) is 5.36. The molecule has 0 fully saturated rings. The monoisotopic (exact) mass is 172 g/mol. The van der Waals surface area contributed by atoms with Gasteiger partial charge in [0.1, 0.15) is 0 Å². The molecule has 0 unspecified atom stereocenters. The molecule has 4 N–H and O–H groups in total. The summed E-state index contributed by atoms with van der Waals surface area (Å²) in [6, 6.07) is -0.311. The van der Waals surface area contributed by atoms with Gasteiger partial charge in [0.15, 0.2) is 10.6 Å². The number of nitrogen functional groups attached to an aromatic ring is 1. The zero-order valence-electron chi connectivity index (χ0n) is 5.22. The Morgan fingerprint density at radius 3 is 2.82 bits per heavy atom. The Kier molecular flexibility index (Phi) is 0.994. The van der Waals surface area contributed by atoms with E-state index in [1.165, 1.54) is 0 Å². The molecule has 11 heavy (non-hydrogen) atoms. The van der Waals surface area contributed by atoms with Crippen molar-refractivity contribution in [2.75, 3.05) is 5.73 Å². The van der Waals surface area contributed by atoms with E-state index < -0.39 is 0 Å². The Bertz CT molecular complexity index is 371. The molecule has 0 aliphatic rings. The first-order chi connectivity index (χ1) is 5.18. The predicted molar refractivity (Wildman–Crippen MR) is 38.6 cm³/mol. The molecule has 0 aromatic carbocycles. The second-order valence-corrected chi connectivity index (χ2v) is 2.85. The largest absolute Gasteiger partial charge is 0.485 e. The summed E-state index contributed by atoms with van der Waals surface area (Å²) in [4.78, 5) is 3.97. The van der Waals surface area contributed by atoms with E-state index in [0.717, 1.165) is 15.9 Å². The second kappa shape index (κ2) is 1.76. The van der Waals surface area contributed by atoms with Crippen molar-refractivity contribution in [3.8, 4) is 11.2 Å². The van der Waals surface area contributed by atoms with Crippen LogP contribution in [0.25, 0.3) is 4.83 Å². The van der Waals surface area contributed by atoms with E-state index in [-0.39, 0.29) is 17.0 Å². The minimum atomic E-state index is -0.311.